The first-order chi connectivity index (χ1) is 6.76. The third kappa shape index (κ3) is 2.52. The van der Waals surface area contributed by atoms with E-state index >= 15 is 0 Å². The van der Waals surface area contributed by atoms with E-state index in [2.05, 4.69) is 32.0 Å². The highest BCUT2D eigenvalue weighted by atomic mass is 32.2. The van der Waals surface area contributed by atoms with Crippen LogP contribution in [0, 0.1) is 11.3 Å². The van der Waals surface area contributed by atoms with E-state index in [1.54, 1.807) is 11.8 Å². The van der Waals surface area contributed by atoms with Gasteiger partial charge in [0.05, 0.1) is 6.07 Å². The third-order valence-corrected chi connectivity index (χ3v) is 3.97. The Morgan fingerprint density at radius 2 is 1.79 bits per heavy atom. The van der Waals surface area contributed by atoms with Crippen LogP contribution in [0.5, 0.6) is 0 Å². The van der Waals surface area contributed by atoms with E-state index in [-0.39, 0.29) is 4.75 Å². The quantitative estimate of drug-likeness (QED) is 0.697. The minimum atomic E-state index is -0.249. The van der Waals surface area contributed by atoms with Gasteiger partial charge in [-0.05, 0) is 25.0 Å². The smallest absolute Gasteiger partial charge is 0.106 e. The molecular formula is C12H15NS. The summed E-state index contributed by atoms with van der Waals surface area (Å²) in [6, 6.07) is 12.6. The van der Waals surface area contributed by atoms with Crippen LogP contribution in [0.1, 0.15) is 26.7 Å². The summed E-state index contributed by atoms with van der Waals surface area (Å²) in [5.74, 6) is 0. The Hall–Kier alpha value is -0.940. The molecule has 0 saturated heterocycles. The SMILES string of the molecule is CCC(C#N)(CC)Sc1ccccc1. The van der Waals surface area contributed by atoms with Crippen molar-refractivity contribution in [2.45, 2.75) is 36.3 Å². The van der Waals surface area contributed by atoms with Gasteiger partial charge in [-0.15, -0.1) is 11.8 Å². The summed E-state index contributed by atoms with van der Waals surface area (Å²) >= 11 is 1.68. The fourth-order valence-electron chi connectivity index (χ4n) is 1.29. The van der Waals surface area contributed by atoms with Gasteiger partial charge in [-0.1, -0.05) is 32.0 Å². The maximum absolute atomic E-state index is 9.17. The lowest BCUT2D eigenvalue weighted by Crippen LogP contribution is -2.19. The molecule has 0 aliphatic heterocycles. The van der Waals surface area contributed by atoms with E-state index in [0.29, 0.717) is 0 Å². The average molecular weight is 205 g/mol. The van der Waals surface area contributed by atoms with Crippen molar-refractivity contribution in [2.75, 3.05) is 0 Å². The van der Waals surface area contributed by atoms with Gasteiger partial charge in [-0.2, -0.15) is 5.26 Å². The van der Waals surface area contributed by atoms with E-state index < -0.39 is 0 Å². The molecule has 0 radical (unpaired) electrons. The lowest BCUT2D eigenvalue weighted by molar-refractivity contribution is 0.672. The van der Waals surface area contributed by atoms with Crippen LogP contribution in [-0.2, 0) is 0 Å². The van der Waals surface area contributed by atoms with Gasteiger partial charge in [0.1, 0.15) is 4.75 Å². The summed E-state index contributed by atoms with van der Waals surface area (Å²) < 4.78 is -0.249. The molecule has 0 heterocycles. The van der Waals surface area contributed by atoms with Gasteiger partial charge >= 0.3 is 0 Å². The van der Waals surface area contributed by atoms with E-state index in [4.69, 9.17) is 5.26 Å². The molecule has 0 spiro atoms. The van der Waals surface area contributed by atoms with Crippen molar-refractivity contribution >= 4 is 11.8 Å². The largest absolute Gasteiger partial charge is 0.197 e. The zero-order valence-corrected chi connectivity index (χ0v) is 9.47. The van der Waals surface area contributed by atoms with E-state index in [1.807, 2.05) is 18.2 Å². The van der Waals surface area contributed by atoms with Crippen molar-refractivity contribution in [3.8, 4) is 6.07 Å². The molecule has 0 aliphatic carbocycles. The lowest BCUT2D eigenvalue weighted by atomic mass is 10.1. The minimum Gasteiger partial charge on any atom is -0.197 e. The molecule has 0 amide bonds. The molecule has 14 heavy (non-hydrogen) atoms. The van der Waals surface area contributed by atoms with Gasteiger partial charge < -0.3 is 0 Å². The van der Waals surface area contributed by atoms with E-state index in [1.165, 1.54) is 4.90 Å². The summed E-state index contributed by atoms with van der Waals surface area (Å²) in [6.07, 6.45) is 1.78. The van der Waals surface area contributed by atoms with Crippen LogP contribution >= 0.6 is 11.8 Å². The topological polar surface area (TPSA) is 23.8 Å². The summed E-state index contributed by atoms with van der Waals surface area (Å²) in [6.45, 7) is 4.14. The van der Waals surface area contributed by atoms with Crippen LogP contribution in [0.4, 0.5) is 0 Å². The van der Waals surface area contributed by atoms with Gasteiger partial charge in [0.2, 0.25) is 0 Å². The van der Waals surface area contributed by atoms with Crippen LogP contribution in [0.2, 0.25) is 0 Å². The van der Waals surface area contributed by atoms with Crippen LogP contribution in [0.25, 0.3) is 0 Å². The van der Waals surface area contributed by atoms with Crippen molar-refractivity contribution < 1.29 is 0 Å². The molecular weight excluding hydrogens is 190 g/mol. The van der Waals surface area contributed by atoms with Crippen LogP contribution in [0.15, 0.2) is 35.2 Å². The Kier molecular flexibility index (Phi) is 4.03. The number of hydrogen-bond acceptors (Lipinski definition) is 2. The number of hydrogen-bond donors (Lipinski definition) is 0. The lowest BCUT2D eigenvalue weighted by Gasteiger charge is -2.22. The van der Waals surface area contributed by atoms with Crippen molar-refractivity contribution in [2.24, 2.45) is 0 Å². The summed E-state index contributed by atoms with van der Waals surface area (Å²) in [5, 5.41) is 9.17. The zero-order chi connectivity index (χ0) is 10.4. The molecule has 0 aromatic heterocycles. The zero-order valence-electron chi connectivity index (χ0n) is 8.66. The van der Waals surface area contributed by atoms with Gasteiger partial charge in [0.15, 0.2) is 0 Å². The summed E-state index contributed by atoms with van der Waals surface area (Å²) in [7, 11) is 0. The number of nitriles is 1. The molecule has 0 unspecified atom stereocenters. The van der Waals surface area contributed by atoms with Crippen molar-refractivity contribution in [3.05, 3.63) is 30.3 Å². The summed E-state index contributed by atoms with van der Waals surface area (Å²) in [4.78, 5) is 1.18. The summed E-state index contributed by atoms with van der Waals surface area (Å²) in [5.41, 5.74) is 0. The second-order valence-electron chi connectivity index (χ2n) is 3.23. The monoisotopic (exact) mass is 205 g/mol. The molecule has 1 nitrogen and oxygen atoms in total. The molecule has 74 valence electrons. The van der Waals surface area contributed by atoms with Crippen LogP contribution in [0.3, 0.4) is 0 Å². The first-order valence-corrected chi connectivity index (χ1v) is 5.73. The number of benzene rings is 1. The van der Waals surface area contributed by atoms with Gasteiger partial charge in [-0.25, -0.2) is 0 Å². The maximum Gasteiger partial charge on any atom is 0.106 e. The van der Waals surface area contributed by atoms with Crippen LogP contribution in [-0.4, -0.2) is 4.75 Å². The fourth-order valence-corrected chi connectivity index (χ4v) is 2.37. The Bertz CT molecular complexity index is 309. The molecule has 0 bridgehead atoms. The third-order valence-electron chi connectivity index (χ3n) is 2.40. The molecule has 0 N–H and O–H groups in total. The highest BCUT2D eigenvalue weighted by Gasteiger charge is 2.26. The first-order valence-electron chi connectivity index (χ1n) is 4.91. The van der Waals surface area contributed by atoms with Gasteiger partial charge in [0, 0.05) is 4.90 Å². The Morgan fingerprint density at radius 1 is 1.21 bits per heavy atom. The Labute approximate surface area is 90.1 Å². The maximum atomic E-state index is 9.17. The standard InChI is InChI=1S/C12H15NS/c1-3-12(4-2,10-13)14-11-8-6-5-7-9-11/h5-9H,3-4H2,1-2H3. The molecule has 1 rings (SSSR count). The highest BCUT2D eigenvalue weighted by molar-refractivity contribution is 8.01. The second-order valence-corrected chi connectivity index (χ2v) is 4.69. The predicted octanol–water partition coefficient (Wildman–Crippen LogP) is 3.86. The minimum absolute atomic E-state index is 0.249. The molecule has 0 aliphatic rings. The van der Waals surface area contributed by atoms with E-state index in [9.17, 15) is 0 Å². The number of thioether (sulfide) groups is 1. The van der Waals surface area contributed by atoms with Gasteiger partial charge in [0.25, 0.3) is 0 Å². The van der Waals surface area contributed by atoms with E-state index in [0.717, 1.165) is 12.8 Å². The Morgan fingerprint density at radius 3 is 2.21 bits per heavy atom. The van der Waals surface area contributed by atoms with Crippen molar-refractivity contribution in [3.63, 3.8) is 0 Å². The normalized spacial score (nSPS) is 10.9. The molecule has 0 atom stereocenters. The average Bonchev–Trinajstić information content (AvgIpc) is 2.28. The van der Waals surface area contributed by atoms with Crippen LogP contribution < -0.4 is 0 Å². The molecule has 0 saturated carbocycles. The van der Waals surface area contributed by atoms with Gasteiger partial charge in [-0.3, -0.25) is 0 Å². The molecule has 1 aromatic carbocycles. The fraction of sp³-hybridized carbons (Fsp3) is 0.417. The first kappa shape index (κ1) is 11.1. The Balaban J connectivity index is 2.81. The molecule has 0 fully saturated rings. The van der Waals surface area contributed by atoms with Crippen molar-refractivity contribution in [1.29, 1.82) is 5.26 Å². The van der Waals surface area contributed by atoms with Crippen molar-refractivity contribution in [1.82, 2.24) is 0 Å². The molecule has 2 heteroatoms. The predicted molar refractivity (Wildman–Crippen MR) is 61.2 cm³/mol. The number of nitrogens with zero attached hydrogens (tertiary/aromatic N) is 1. The number of rotatable bonds is 4. The highest BCUT2D eigenvalue weighted by Crippen LogP contribution is 2.37. The molecule has 1 aromatic rings. The second kappa shape index (κ2) is 5.07.